The molecular formula is C30H33F2N3O3. The van der Waals surface area contributed by atoms with E-state index in [1.165, 1.54) is 22.4 Å². The molecule has 38 heavy (non-hydrogen) atoms. The van der Waals surface area contributed by atoms with Crippen LogP contribution >= 0.6 is 0 Å². The largest absolute Gasteiger partial charge is 0.449 e. The predicted octanol–water partition coefficient (Wildman–Crippen LogP) is 4.85. The highest BCUT2D eigenvalue weighted by atomic mass is 19.2. The zero-order valence-corrected chi connectivity index (χ0v) is 21.5. The molecule has 0 N–H and O–H groups in total. The van der Waals surface area contributed by atoms with Gasteiger partial charge in [-0.2, -0.15) is 0 Å². The monoisotopic (exact) mass is 521 g/mol. The van der Waals surface area contributed by atoms with E-state index in [1.54, 1.807) is 9.80 Å². The fraction of sp³-hybridized carbons (Fsp3) is 0.400. The van der Waals surface area contributed by atoms with E-state index in [4.69, 9.17) is 4.74 Å². The second kappa shape index (κ2) is 11.9. The summed E-state index contributed by atoms with van der Waals surface area (Å²) in [5.74, 6) is -1.76. The standard InChI is InChI=1S/C30H33F2N3O3/c31-27-10-8-22(17-28(27)32)18-29(36)34-12-14-35(15-13-34)30(37)38-21-24-4-3-11-33(20-24)19-23-7-9-25-5-1-2-6-26(25)16-23/h1-2,5-10,16-17,24H,3-4,11-15,18-21H2. The Hall–Kier alpha value is -3.52. The first kappa shape index (κ1) is 26.1. The molecule has 2 saturated heterocycles. The molecule has 3 aromatic carbocycles. The molecule has 0 radical (unpaired) electrons. The van der Waals surface area contributed by atoms with Gasteiger partial charge in [-0.05, 0) is 59.5 Å². The minimum Gasteiger partial charge on any atom is -0.449 e. The van der Waals surface area contributed by atoms with E-state index in [0.717, 1.165) is 44.6 Å². The van der Waals surface area contributed by atoms with Crippen LogP contribution in [0.4, 0.5) is 13.6 Å². The van der Waals surface area contributed by atoms with Gasteiger partial charge >= 0.3 is 6.09 Å². The first-order chi connectivity index (χ1) is 18.4. The summed E-state index contributed by atoms with van der Waals surface area (Å²) in [4.78, 5) is 31.0. The fourth-order valence-electron chi connectivity index (χ4n) is 5.38. The number of carbonyl (C=O) groups is 2. The lowest BCUT2D eigenvalue weighted by Gasteiger charge is -2.35. The van der Waals surface area contributed by atoms with E-state index in [2.05, 4.69) is 47.4 Å². The highest BCUT2D eigenvalue weighted by Crippen LogP contribution is 2.22. The number of hydrogen-bond donors (Lipinski definition) is 0. The predicted molar refractivity (Wildman–Crippen MR) is 142 cm³/mol. The molecule has 0 spiro atoms. The van der Waals surface area contributed by atoms with Gasteiger partial charge in [-0.15, -0.1) is 0 Å². The SMILES string of the molecule is O=C(Cc1ccc(F)c(F)c1)N1CCN(C(=O)OCC2CCCN(Cc3ccc4ccccc4c3)C2)CC1. The van der Waals surface area contributed by atoms with Crippen molar-refractivity contribution in [1.29, 1.82) is 0 Å². The number of piperidine rings is 1. The van der Waals surface area contributed by atoms with Crippen molar-refractivity contribution in [2.75, 3.05) is 45.9 Å². The summed E-state index contributed by atoms with van der Waals surface area (Å²) in [7, 11) is 0. The Bertz CT molecular complexity index is 1290. The van der Waals surface area contributed by atoms with Gasteiger partial charge in [-0.3, -0.25) is 9.69 Å². The van der Waals surface area contributed by atoms with Gasteiger partial charge < -0.3 is 14.5 Å². The van der Waals surface area contributed by atoms with E-state index in [0.29, 0.717) is 44.3 Å². The summed E-state index contributed by atoms with van der Waals surface area (Å²) in [5, 5.41) is 2.49. The topological polar surface area (TPSA) is 53.1 Å². The molecule has 1 unspecified atom stereocenters. The maximum atomic E-state index is 13.4. The van der Waals surface area contributed by atoms with Gasteiger partial charge in [0, 0.05) is 45.2 Å². The van der Waals surface area contributed by atoms with Gasteiger partial charge in [-0.1, -0.05) is 42.5 Å². The number of piperazine rings is 1. The molecule has 3 aromatic rings. The van der Waals surface area contributed by atoms with E-state index < -0.39 is 11.6 Å². The van der Waals surface area contributed by atoms with Crippen LogP contribution in [0.5, 0.6) is 0 Å². The number of hydrogen-bond acceptors (Lipinski definition) is 4. The molecule has 1 atom stereocenters. The average molecular weight is 522 g/mol. The zero-order valence-electron chi connectivity index (χ0n) is 21.5. The average Bonchev–Trinajstić information content (AvgIpc) is 2.94. The van der Waals surface area contributed by atoms with Crippen LogP contribution in [-0.2, 0) is 22.5 Å². The van der Waals surface area contributed by atoms with Gasteiger partial charge in [0.15, 0.2) is 11.6 Å². The first-order valence-electron chi connectivity index (χ1n) is 13.3. The Balaban J connectivity index is 1.05. The van der Waals surface area contributed by atoms with Crippen molar-refractivity contribution in [1.82, 2.24) is 14.7 Å². The summed E-state index contributed by atoms with van der Waals surface area (Å²) < 4.78 is 32.2. The molecule has 0 aliphatic carbocycles. The molecule has 2 fully saturated rings. The maximum absolute atomic E-state index is 13.4. The molecule has 2 aliphatic heterocycles. The highest BCUT2D eigenvalue weighted by molar-refractivity contribution is 5.83. The van der Waals surface area contributed by atoms with Crippen LogP contribution < -0.4 is 0 Å². The Kier molecular flexibility index (Phi) is 8.17. The molecule has 2 heterocycles. The summed E-state index contributed by atoms with van der Waals surface area (Å²) in [5.41, 5.74) is 1.72. The van der Waals surface area contributed by atoms with Gasteiger partial charge in [0.1, 0.15) is 0 Å². The molecule has 0 aromatic heterocycles. The number of rotatable bonds is 6. The Morgan fingerprint density at radius 2 is 1.55 bits per heavy atom. The molecule has 0 saturated carbocycles. The van der Waals surface area contributed by atoms with Crippen molar-refractivity contribution in [2.45, 2.75) is 25.8 Å². The quantitative estimate of drug-likeness (QED) is 0.465. The van der Waals surface area contributed by atoms with Gasteiger partial charge in [0.25, 0.3) is 0 Å². The van der Waals surface area contributed by atoms with E-state index >= 15 is 0 Å². The Morgan fingerprint density at radius 3 is 2.34 bits per heavy atom. The molecule has 2 aliphatic rings. The van der Waals surface area contributed by atoms with Crippen LogP contribution in [-0.4, -0.2) is 72.6 Å². The number of ether oxygens (including phenoxy) is 1. The van der Waals surface area contributed by atoms with Crippen molar-refractivity contribution >= 4 is 22.8 Å². The van der Waals surface area contributed by atoms with Crippen LogP contribution in [0.2, 0.25) is 0 Å². The van der Waals surface area contributed by atoms with E-state index in [9.17, 15) is 18.4 Å². The van der Waals surface area contributed by atoms with Crippen LogP contribution in [0.1, 0.15) is 24.0 Å². The molecule has 6 nitrogen and oxygen atoms in total. The number of benzene rings is 3. The summed E-state index contributed by atoms with van der Waals surface area (Å²) >= 11 is 0. The number of likely N-dealkylation sites (tertiary alicyclic amines) is 1. The zero-order chi connectivity index (χ0) is 26.5. The van der Waals surface area contributed by atoms with Crippen molar-refractivity contribution < 1.29 is 23.1 Å². The Morgan fingerprint density at radius 1 is 0.816 bits per heavy atom. The van der Waals surface area contributed by atoms with E-state index in [1.807, 2.05) is 0 Å². The van der Waals surface area contributed by atoms with Crippen molar-refractivity contribution in [3.8, 4) is 0 Å². The van der Waals surface area contributed by atoms with Gasteiger partial charge in [0.05, 0.1) is 13.0 Å². The van der Waals surface area contributed by atoms with Crippen LogP contribution in [0, 0.1) is 17.6 Å². The third-order valence-electron chi connectivity index (χ3n) is 7.50. The molecule has 5 rings (SSSR count). The molecule has 200 valence electrons. The lowest BCUT2D eigenvalue weighted by Crippen LogP contribution is -2.51. The second-order valence-corrected chi connectivity index (χ2v) is 10.3. The molecular weight excluding hydrogens is 488 g/mol. The van der Waals surface area contributed by atoms with Gasteiger partial charge in [0.2, 0.25) is 5.91 Å². The minimum atomic E-state index is -0.961. The van der Waals surface area contributed by atoms with Crippen molar-refractivity contribution in [3.63, 3.8) is 0 Å². The van der Waals surface area contributed by atoms with Gasteiger partial charge in [-0.25, -0.2) is 13.6 Å². The first-order valence-corrected chi connectivity index (χ1v) is 13.3. The van der Waals surface area contributed by atoms with Crippen LogP contribution in [0.15, 0.2) is 60.7 Å². The maximum Gasteiger partial charge on any atom is 0.409 e. The lowest BCUT2D eigenvalue weighted by atomic mass is 9.98. The number of carbonyl (C=O) groups excluding carboxylic acids is 2. The fourth-order valence-corrected chi connectivity index (χ4v) is 5.38. The Labute approximate surface area is 221 Å². The lowest BCUT2D eigenvalue weighted by molar-refractivity contribution is -0.132. The van der Waals surface area contributed by atoms with Crippen molar-refractivity contribution in [3.05, 3.63) is 83.4 Å². The van der Waals surface area contributed by atoms with Crippen LogP contribution in [0.25, 0.3) is 10.8 Å². The van der Waals surface area contributed by atoms with E-state index in [-0.39, 0.29) is 18.4 Å². The number of amides is 2. The number of halogens is 2. The summed E-state index contributed by atoms with van der Waals surface area (Å²) in [6.07, 6.45) is 1.77. The minimum absolute atomic E-state index is 0.000961. The number of nitrogens with zero attached hydrogens (tertiary/aromatic N) is 3. The normalized spacial score (nSPS) is 18.5. The van der Waals surface area contributed by atoms with Crippen LogP contribution in [0.3, 0.4) is 0 Å². The highest BCUT2D eigenvalue weighted by Gasteiger charge is 2.27. The molecule has 2 amide bonds. The second-order valence-electron chi connectivity index (χ2n) is 10.3. The smallest absolute Gasteiger partial charge is 0.409 e. The third-order valence-corrected chi connectivity index (χ3v) is 7.50. The number of fused-ring (bicyclic) bond motifs is 1. The summed E-state index contributed by atoms with van der Waals surface area (Å²) in [6.45, 7) is 4.77. The molecule has 8 heteroatoms. The molecule has 0 bridgehead atoms. The van der Waals surface area contributed by atoms with Crippen molar-refractivity contribution in [2.24, 2.45) is 5.92 Å². The third kappa shape index (κ3) is 6.48. The summed E-state index contributed by atoms with van der Waals surface area (Å²) in [6, 6.07) is 18.5.